The topological polar surface area (TPSA) is 66.9 Å². The Morgan fingerprint density at radius 3 is 2.95 bits per heavy atom. The zero-order valence-corrected chi connectivity index (χ0v) is 11.9. The molecule has 2 rings (SSSR count). The highest BCUT2D eigenvalue weighted by Gasteiger charge is 2.10. The monoisotopic (exact) mass is 320 g/mol. The molecule has 0 aliphatic carbocycles. The summed E-state index contributed by atoms with van der Waals surface area (Å²) in [6.45, 7) is 2.79. The second kappa shape index (κ2) is 6.29. The number of anilines is 2. The number of aromatic nitrogens is 2. The van der Waals surface area contributed by atoms with Crippen LogP contribution in [-0.4, -0.2) is 22.4 Å². The normalized spacial score (nSPS) is 10.0. The van der Waals surface area contributed by atoms with E-state index in [-0.39, 0.29) is 5.91 Å². The van der Waals surface area contributed by atoms with Gasteiger partial charge in [-0.3, -0.25) is 14.8 Å². The second-order valence-corrected chi connectivity index (χ2v) is 4.62. The molecule has 98 valence electrons. The zero-order chi connectivity index (χ0) is 13.7. The number of rotatable bonds is 4. The molecule has 2 N–H and O–H groups in total. The van der Waals surface area contributed by atoms with Gasteiger partial charge in [-0.05, 0) is 41.1 Å². The van der Waals surface area contributed by atoms with E-state index in [2.05, 4.69) is 36.5 Å². The summed E-state index contributed by atoms with van der Waals surface area (Å²) < 4.78 is 0.728. The van der Waals surface area contributed by atoms with Crippen LogP contribution in [0.25, 0.3) is 0 Å². The summed E-state index contributed by atoms with van der Waals surface area (Å²) >= 11 is 3.33. The maximum Gasteiger partial charge on any atom is 0.274 e. The van der Waals surface area contributed by atoms with Gasteiger partial charge in [0.1, 0.15) is 5.69 Å². The van der Waals surface area contributed by atoms with E-state index in [1.54, 1.807) is 30.7 Å². The molecule has 1 amide bonds. The number of carbonyl (C=O) groups excluding carboxylic acids is 1. The van der Waals surface area contributed by atoms with E-state index in [9.17, 15) is 4.79 Å². The molecular formula is C13H13BrN4O. The van der Waals surface area contributed by atoms with Crippen molar-refractivity contribution in [1.29, 1.82) is 0 Å². The summed E-state index contributed by atoms with van der Waals surface area (Å²) in [7, 11) is 0. The molecule has 0 unspecified atom stereocenters. The van der Waals surface area contributed by atoms with Crippen LogP contribution in [0.1, 0.15) is 17.4 Å². The van der Waals surface area contributed by atoms with Crippen molar-refractivity contribution in [3.63, 3.8) is 0 Å². The van der Waals surface area contributed by atoms with Crippen LogP contribution in [0, 0.1) is 0 Å². The smallest absolute Gasteiger partial charge is 0.274 e. The van der Waals surface area contributed by atoms with Crippen LogP contribution in [0.5, 0.6) is 0 Å². The van der Waals surface area contributed by atoms with Gasteiger partial charge in [-0.15, -0.1) is 0 Å². The highest BCUT2D eigenvalue weighted by atomic mass is 79.9. The highest BCUT2D eigenvalue weighted by Crippen LogP contribution is 2.20. The maximum atomic E-state index is 12.1. The minimum absolute atomic E-state index is 0.258. The average Bonchev–Trinajstić information content (AvgIpc) is 2.42. The lowest BCUT2D eigenvalue weighted by Crippen LogP contribution is -2.14. The van der Waals surface area contributed by atoms with Crippen LogP contribution < -0.4 is 10.6 Å². The van der Waals surface area contributed by atoms with Crippen molar-refractivity contribution in [2.45, 2.75) is 6.92 Å². The Morgan fingerprint density at radius 1 is 1.37 bits per heavy atom. The van der Waals surface area contributed by atoms with E-state index in [0.717, 1.165) is 16.7 Å². The van der Waals surface area contributed by atoms with Gasteiger partial charge in [-0.1, -0.05) is 0 Å². The summed E-state index contributed by atoms with van der Waals surface area (Å²) in [6.07, 6.45) is 4.84. The Kier molecular flexibility index (Phi) is 4.46. The van der Waals surface area contributed by atoms with Crippen molar-refractivity contribution < 1.29 is 4.79 Å². The first kappa shape index (κ1) is 13.5. The molecule has 0 saturated heterocycles. The number of nitrogens with one attached hydrogen (secondary N) is 2. The van der Waals surface area contributed by atoms with Gasteiger partial charge in [-0.2, -0.15) is 0 Å². The third-order valence-electron chi connectivity index (χ3n) is 2.39. The fraction of sp³-hybridized carbons (Fsp3) is 0.154. The maximum absolute atomic E-state index is 12.1. The fourth-order valence-electron chi connectivity index (χ4n) is 1.53. The molecule has 0 bridgehead atoms. The Labute approximate surface area is 119 Å². The van der Waals surface area contributed by atoms with Gasteiger partial charge < -0.3 is 10.6 Å². The molecule has 0 aliphatic rings. The summed E-state index contributed by atoms with van der Waals surface area (Å²) in [5, 5.41) is 5.92. The predicted molar refractivity (Wildman–Crippen MR) is 78.3 cm³/mol. The number of hydrogen-bond acceptors (Lipinski definition) is 4. The van der Waals surface area contributed by atoms with Crippen molar-refractivity contribution in [1.82, 2.24) is 9.97 Å². The molecular weight excluding hydrogens is 308 g/mol. The van der Waals surface area contributed by atoms with Crippen LogP contribution in [-0.2, 0) is 0 Å². The molecule has 0 radical (unpaired) electrons. The SMILES string of the molecule is CCNc1ccnc(C(=O)Nc2ccncc2Br)c1. The molecule has 0 aliphatic heterocycles. The van der Waals surface area contributed by atoms with Crippen LogP contribution >= 0.6 is 15.9 Å². The molecule has 2 aromatic rings. The Balaban J connectivity index is 2.16. The summed E-state index contributed by atoms with van der Waals surface area (Å²) in [5.74, 6) is -0.258. The minimum Gasteiger partial charge on any atom is -0.385 e. The van der Waals surface area contributed by atoms with Crippen LogP contribution in [0.3, 0.4) is 0 Å². The molecule has 2 aromatic heterocycles. The first-order chi connectivity index (χ1) is 9.20. The third-order valence-corrected chi connectivity index (χ3v) is 3.03. The van der Waals surface area contributed by atoms with E-state index < -0.39 is 0 Å². The quantitative estimate of drug-likeness (QED) is 0.909. The molecule has 0 spiro atoms. The van der Waals surface area contributed by atoms with Gasteiger partial charge in [-0.25, -0.2) is 0 Å². The molecule has 0 atom stereocenters. The van der Waals surface area contributed by atoms with Gasteiger partial charge in [0.05, 0.1) is 10.2 Å². The van der Waals surface area contributed by atoms with E-state index >= 15 is 0 Å². The van der Waals surface area contributed by atoms with Gasteiger partial charge in [0.2, 0.25) is 0 Å². The lowest BCUT2D eigenvalue weighted by atomic mass is 10.3. The second-order valence-electron chi connectivity index (χ2n) is 3.77. The molecule has 0 aromatic carbocycles. The highest BCUT2D eigenvalue weighted by molar-refractivity contribution is 9.10. The summed E-state index contributed by atoms with van der Waals surface area (Å²) in [4.78, 5) is 20.1. The van der Waals surface area contributed by atoms with Crippen molar-refractivity contribution in [2.24, 2.45) is 0 Å². The Morgan fingerprint density at radius 2 is 2.21 bits per heavy atom. The largest absolute Gasteiger partial charge is 0.385 e. The van der Waals surface area contributed by atoms with Crippen LogP contribution in [0.4, 0.5) is 11.4 Å². The van der Waals surface area contributed by atoms with Crippen molar-refractivity contribution >= 4 is 33.2 Å². The average molecular weight is 321 g/mol. The number of nitrogens with zero attached hydrogens (tertiary/aromatic N) is 2. The van der Waals surface area contributed by atoms with Crippen LogP contribution in [0.2, 0.25) is 0 Å². The van der Waals surface area contributed by atoms with E-state index in [4.69, 9.17) is 0 Å². The van der Waals surface area contributed by atoms with E-state index in [1.807, 2.05) is 13.0 Å². The standard InChI is InChI=1S/C13H13BrN4O/c1-2-16-9-3-6-17-12(7-9)13(19)18-11-4-5-15-8-10(11)14/h3-8H,2H2,1H3,(H,16,17)(H,15,18,19). The first-order valence-electron chi connectivity index (χ1n) is 5.81. The Bertz CT molecular complexity index is 588. The van der Waals surface area contributed by atoms with Gasteiger partial charge in [0.15, 0.2) is 0 Å². The van der Waals surface area contributed by atoms with Crippen molar-refractivity contribution in [3.05, 3.63) is 47.0 Å². The van der Waals surface area contributed by atoms with Gasteiger partial charge in [0.25, 0.3) is 5.91 Å². The minimum atomic E-state index is -0.258. The number of carbonyl (C=O) groups is 1. The number of pyridine rings is 2. The number of hydrogen-bond donors (Lipinski definition) is 2. The van der Waals surface area contributed by atoms with E-state index in [1.165, 1.54) is 0 Å². The van der Waals surface area contributed by atoms with Crippen molar-refractivity contribution in [3.8, 4) is 0 Å². The summed E-state index contributed by atoms with van der Waals surface area (Å²) in [6, 6.07) is 5.26. The number of halogens is 1. The van der Waals surface area contributed by atoms with Gasteiger partial charge in [0, 0.05) is 30.8 Å². The van der Waals surface area contributed by atoms with Crippen LogP contribution in [0.15, 0.2) is 41.3 Å². The zero-order valence-electron chi connectivity index (χ0n) is 10.4. The lowest BCUT2D eigenvalue weighted by molar-refractivity contribution is 0.102. The molecule has 0 fully saturated rings. The third kappa shape index (κ3) is 3.51. The van der Waals surface area contributed by atoms with E-state index in [0.29, 0.717) is 11.4 Å². The van der Waals surface area contributed by atoms with Crippen molar-refractivity contribution in [2.75, 3.05) is 17.2 Å². The summed E-state index contributed by atoms with van der Waals surface area (Å²) in [5.41, 5.74) is 1.90. The first-order valence-corrected chi connectivity index (χ1v) is 6.61. The van der Waals surface area contributed by atoms with Gasteiger partial charge >= 0.3 is 0 Å². The number of amides is 1. The fourth-order valence-corrected chi connectivity index (χ4v) is 1.88. The molecule has 19 heavy (non-hydrogen) atoms. The predicted octanol–water partition coefficient (Wildman–Crippen LogP) is 2.92. The Hall–Kier alpha value is -1.95. The molecule has 0 saturated carbocycles. The molecule has 6 heteroatoms. The lowest BCUT2D eigenvalue weighted by Gasteiger charge is -2.08. The molecule has 5 nitrogen and oxygen atoms in total. The molecule has 2 heterocycles.